The molecule has 9 heteroatoms. The summed E-state index contributed by atoms with van der Waals surface area (Å²) in [5, 5.41) is 2.65. The number of nitrogens with one attached hydrogen (secondary N) is 1. The molecule has 21 heavy (non-hydrogen) atoms. The summed E-state index contributed by atoms with van der Waals surface area (Å²) in [7, 11) is 0. The number of amides is 1. The molecule has 8 nitrogen and oxygen atoms in total. The fourth-order valence-electron chi connectivity index (χ4n) is 1.90. The lowest BCUT2D eigenvalue weighted by Gasteiger charge is -2.08. The summed E-state index contributed by atoms with van der Waals surface area (Å²) in [5.41, 5.74) is 0.709. The van der Waals surface area contributed by atoms with Gasteiger partial charge in [0.15, 0.2) is 11.2 Å². The van der Waals surface area contributed by atoms with E-state index < -0.39 is 0 Å². The fourth-order valence-corrected chi connectivity index (χ4v) is 2.18. The van der Waals surface area contributed by atoms with Crippen molar-refractivity contribution in [2.75, 3.05) is 13.2 Å². The van der Waals surface area contributed by atoms with Gasteiger partial charge in [0.1, 0.15) is 35.9 Å². The molecule has 0 aliphatic rings. The summed E-state index contributed by atoms with van der Waals surface area (Å²) in [6.07, 6.45) is 3.10. The number of nitrogens with zero attached hydrogens (tertiary/aromatic N) is 4. The summed E-state index contributed by atoms with van der Waals surface area (Å²) < 4.78 is 7.96. The Hall–Kier alpha value is -1.49. The van der Waals surface area contributed by atoms with Crippen molar-refractivity contribution < 1.29 is 7.86 Å². The molecule has 2 aromatic rings. The minimum Gasteiger partial charge on any atom is -0.352 e. The zero-order chi connectivity index (χ0) is 15.4. The lowest BCUT2D eigenvalue weighted by molar-refractivity contribution is -0.122. The predicted molar refractivity (Wildman–Crippen MR) is 85.2 cm³/mol. The number of imidazole rings is 1. The molecular formula is C12H16IN5O3. The van der Waals surface area contributed by atoms with Crippen LogP contribution in [-0.2, 0) is 14.4 Å². The first-order valence-electron chi connectivity index (χ1n) is 6.46. The maximum Gasteiger partial charge on any atom is 0.281 e. The van der Waals surface area contributed by atoms with Crippen LogP contribution in [0.5, 0.6) is 0 Å². The van der Waals surface area contributed by atoms with Crippen molar-refractivity contribution in [3.05, 3.63) is 23.0 Å². The Labute approximate surface area is 135 Å². The highest BCUT2D eigenvalue weighted by atomic mass is 127. The third-order valence-corrected chi connectivity index (χ3v) is 3.28. The van der Waals surface area contributed by atoms with E-state index in [1.165, 1.54) is 10.9 Å². The van der Waals surface area contributed by atoms with Crippen LogP contribution in [0, 0.1) is 0 Å². The molecule has 0 fully saturated rings. The Morgan fingerprint density at radius 3 is 2.86 bits per heavy atom. The lowest BCUT2D eigenvalue weighted by atomic mass is 10.4. The van der Waals surface area contributed by atoms with Gasteiger partial charge in [0.05, 0.1) is 6.33 Å². The smallest absolute Gasteiger partial charge is 0.281 e. The quantitative estimate of drug-likeness (QED) is 0.714. The first kappa shape index (κ1) is 15.9. The maximum absolute atomic E-state index is 12.3. The Morgan fingerprint density at radius 1 is 1.43 bits per heavy atom. The molecule has 0 bridgehead atoms. The van der Waals surface area contributed by atoms with E-state index in [0.29, 0.717) is 24.3 Å². The van der Waals surface area contributed by atoms with E-state index in [9.17, 15) is 9.59 Å². The van der Waals surface area contributed by atoms with Crippen molar-refractivity contribution in [1.82, 2.24) is 24.4 Å². The normalized spacial score (nSPS) is 11.2. The molecule has 2 aromatic heterocycles. The number of hydrogen-bond donors (Lipinski definition) is 1. The third kappa shape index (κ3) is 3.59. The largest absolute Gasteiger partial charge is 0.352 e. The second kappa shape index (κ2) is 6.98. The van der Waals surface area contributed by atoms with E-state index in [1.54, 1.807) is 29.3 Å². The van der Waals surface area contributed by atoms with Crippen molar-refractivity contribution in [3.63, 3.8) is 0 Å². The summed E-state index contributed by atoms with van der Waals surface area (Å²) in [4.78, 5) is 31.9. The molecule has 0 aromatic carbocycles. The lowest BCUT2D eigenvalue weighted by Crippen LogP contribution is -2.32. The zero-order valence-corrected chi connectivity index (χ0v) is 13.9. The summed E-state index contributed by atoms with van der Waals surface area (Å²) in [6, 6.07) is 0.185. The number of aromatic nitrogens is 4. The molecule has 0 radical (unpaired) electrons. The third-order valence-electron chi connectivity index (χ3n) is 2.97. The Morgan fingerprint density at radius 2 is 2.19 bits per heavy atom. The zero-order valence-electron chi connectivity index (χ0n) is 11.7. The van der Waals surface area contributed by atoms with Crippen molar-refractivity contribution in [2.45, 2.75) is 26.4 Å². The Balaban J connectivity index is 2.14. The molecular weight excluding hydrogens is 389 g/mol. The first-order chi connectivity index (χ1) is 10.0. The van der Waals surface area contributed by atoms with E-state index in [1.807, 2.05) is 18.4 Å². The number of rotatable bonds is 6. The van der Waals surface area contributed by atoms with E-state index in [0.717, 1.165) is 0 Å². The van der Waals surface area contributed by atoms with E-state index in [4.69, 9.17) is 0 Å². The minimum atomic E-state index is -0.226. The average Bonchev–Trinajstić information content (AvgIpc) is 2.86. The summed E-state index contributed by atoms with van der Waals surface area (Å²) >= 11 is 1.65. The second-order valence-corrected chi connectivity index (χ2v) is 5.39. The van der Waals surface area contributed by atoms with Crippen LogP contribution in [0.25, 0.3) is 11.2 Å². The molecule has 114 valence electrons. The molecule has 2 heterocycles. The standard InChI is InChI=1S/C12H16IN5O3/c1-8(2)18-7-15-10-11(18)16-6-17(12(10)20)4-3-14-9(19)5-21-13/h6-8H,3-5H2,1-2H3,(H,14,19). The molecule has 1 amide bonds. The van der Waals surface area contributed by atoms with Gasteiger partial charge in [0, 0.05) is 19.1 Å². The maximum atomic E-state index is 12.3. The molecule has 2 rings (SSSR count). The molecule has 0 atom stereocenters. The number of hydrogen-bond acceptors (Lipinski definition) is 5. The van der Waals surface area contributed by atoms with Crippen LogP contribution in [0.1, 0.15) is 19.9 Å². The molecule has 0 aliphatic heterocycles. The second-order valence-electron chi connectivity index (χ2n) is 4.76. The first-order valence-corrected chi connectivity index (χ1v) is 7.35. The van der Waals surface area contributed by atoms with Crippen LogP contribution >= 0.6 is 23.0 Å². The molecule has 0 spiro atoms. The van der Waals surface area contributed by atoms with Gasteiger partial charge in [-0.3, -0.25) is 14.2 Å². The van der Waals surface area contributed by atoms with Crippen molar-refractivity contribution >= 4 is 40.1 Å². The number of fused-ring (bicyclic) bond motifs is 1. The summed E-state index contributed by atoms with van der Waals surface area (Å²) in [6.45, 7) is 4.66. The van der Waals surface area contributed by atoms with Gasteiger partial charge in [-0.15, -0.1) is 0 Å². The fraction of sp³-hybridized carbons (Fsp3) is 0.500. The highest BCUT2D eigenvalue weighted by Crippen LogP contribution is 2.11. The van der Waals surface area contributed by atoms with Gasteiger partial charge in [0.25, 0.3) is 5.56 Å². The number of halogens is 1. The summed E-state index contributed by atoms with van der Waals surface area (Å²) in [5.74, 6) is -0.226. The highest BCUT2D eigenvalue weighted by Gasteiger charge is 2.12. The minimum absolute atomic E-state index is 0.00839. The van der Waals surface area contributed by atoms with Crippen molar-refractivity contribution in [3.8, 4) is 0 Å². The molecule has 1 N–H and O–H groups in total. The Kier molecular flexibility index (Phi) is 5.28. The SMILES string of the molecule is CC(C)n1cnc2c(=O)n(CCNC(=O)COI)cnc21. The van der Waals surface area contributed by atoms with Gasteiger partial charge in [-0.1, -0.05) is 0 Å². The van der Waals surface area contributed by atoms with Gasteiger partial charge in [-0.25, -0.2) is 9.97 Å². The van der Waals surface area contributed by atoms with E-state index in [-0.39, 0.29) is 24.1 Å². The highest BCUT2D eigenvalue weighted by molar-refractivity contribution is 14.1. The number of carbonyl (C=O) groups is 1. The Bertz CT molecular complexity index is 694. The van der Waals surface area contributed by atoms with Gasteiger partial charge in [0.2, 0.25) is 5.91 Å². The van der Waals surface area contributed by atoms with E-state index >= 15 is 0 Å². The van der Waals surface area contributed by atoms with Crippen LogP contribution in [0.4, 0.5) is 0 Å². The van der Waals surface area contributed by atoms with Crippen LogP contribution < -0.4 is 10.9 Å². The van der Waals surface area contributed by atoms with Crippen LogP contribution in [0.3, 0.4) is 0 Å². The molecule has 0 saturated heterocycles. The topological polar surface area (TPSA) is 91.0 Å². The van der Waals surface area contributed by atoms with Crippen LogP contribution in [0.2, 0.25) is 0 Å². The number of carbonyl (C=O) groups excluding carboxylic acids is 1. The molecule has 0 aliphatic carbocycles. The van der Waals surface area contributed by atoms with Gasteiger partial charge < -0.3 is 13.0 Å². The van der Waals surface area contributed by atoms with Gasteiger partial charge >= 0.3 is 0 Å². The molecule has 0 unspecified atom stereocenters. The van der Waals surface area contributed by atoms with E-state index in [2.05, 4.69) is 18.4 Å². The van der Waals surface area contributed by atoms with Gasteiger partial charge in [-0.05, 0) is 13.8 Å². The van der Waals surface area contributed by atoms with Crippen LogP contribution in [-0.4, -0.2) is 38.2 Å². The van der Waals surface area contributed by atoms with Crippen LogP contribution in [0.15, 0.2) is 17.4 Å². The monoisotopic (exact) mass is 405 g/mol. The molecule has 0 saturated carbocycles. The average molecular weight is 405 g/mol. The van der Waals surface area contributed by atoms with Crippen molar-refractivity contribution in [1.29, 1.82) is 0 Å². The van der Waals surface area contributed by atoms with Gasteiger partial charge in [-0.2, -0.15) is 0 Å². The van der Waals surface area contributed by atoms with Crippen molar-refractivity contribution in [2.24, 2.45) is 0 Å². The predicted octanol–water partition coefficient (Wildman–Crippen LogP) is 0.657.